The summed E-state index contributed by atoms with van der Waals surface area (Å²) in [6, 6.07) is 0. The van der Waals surface area contributed by atoms with Gasteiger partial charge in [0.05, 0.1) is 0 Å². The molecule has 96 valence electrons. The molecule has 0 bridgehead atoms. The van der Waals surface area contributed by atoms with Gasteiger partial charge in [-0.1, -0.05) is 94.9 Å². The highest BCUT2D eigenvalue weighted by Gasteiger charge is 0.942. The van der Waals surface area contributed by atoms with E-state index in [9.17, 15) is 0 Å². The molecular weight excluding hydrogens is 207 g/mol. The largest absolute Gasteiger partial charge is 0.0683 e. The lowest BCUT2D eigenvalue weighted by Gasteiger charge is -1.07. The lowest BCUT2D eigenvalue weighted by Crippen LogP contribution is -0.856. The minimum Gasteiger partial charge on any atom is -0.0683 e. The van der Waals surface area contributed by atoms with Gasteiger partial charge in [0.25, 0.3) is 0 Å². The van der Waals surface area contributed by atoms with Crippen LogP contribution in [0, 0.1) is 0 Å². The molecule has 14 heavy (non-hydrogen) atoms. The van der Waals surface area contributed by atoms with Crippen molar-refractivity contribution in [1.29, 1.82) is 0 Å². The summed E-state index contributed by atoms with van der Waals surface area (Å²) in [6.45, 7) is 24.0. The van der Waals surface area contributed by atoms with Crippen LogP contribution in [0.1, 0.15) is 83.1 Å². The van der Waals surface area contributed by atoms with Crippen molar-refractivity contribution in [3.05, 3.63) is 0 Å². The molecule has 0 nitrogen and oxygen atoms in total. The van der Waals surface area contributed by atoms with Crippen LogP contribution in [-0.2, 0) is 11.8 Å². The lowest BCUT2D eigenvalue weighted by molar-refractivity contribution is 1.50. The summed E-state index contributed by atoms with van der Waals surface area (Å²) in [6.07, 6.45) is 0. The summed E-state index contributed by atoms with van der Waals surface area (Å²) in [5, 5.41) is 0. The molecule has 0 aromatic carbocycles. The molecule has 0 atom stereocenters. The van der Waals surface area contributed by atoms with Crippen molar-refractivity contribution in [2.24, 2.45) is 0 Å². The molecule has 0 aliphatic heterocycles. The van der Waals surface area contributed by atoms with Crippen LogP contribution in [0.2, 0.25) is 0 Å². The van der Waals surface area contributed by atoms with Crippen LogP contribution >= 0.6 is 8.02 Å². The van der Waals surface area contributed by atoms with Crippen LogP contribution in [0.25, 0.3) is 0 Å². The quantitative estimate of drug-likeness (QED) is 0.425. The van der Waals surface area contributed by atoms with Gasteiger partial charge in [0.1, 0.15) is 0 Å². The zero-order chi connectivity index (χ0) is 14.0. The molecule has 0 N–H and O–H groups in total. The monoisotopic (exact) mass is 244 g/mol. The zero-order valence-electron chi connectivity index (χ0n) is 12.9. The molecule has 0 spiro atoms. The molecule has 0 unspecified atom stereocenters. The van der Waals surface area contributed by atoms with E-state index in [2.05, 4.69) is 19.8 Å². The Kier molecular flexibility index (Phi) is 26300. The Hall–Kier alpha value is 0.520. The maximum Gasteiger partial charge on any atom is -0.0437 e. The highest BCUT2D eigenvalue weighted by Crippen LogP contribution is 1.26. The molecule has 0 saturated carbocycles. The van der Waals surface area contributed by atoms with Crippen LogP contribution in [0.3, 0.4) is 0 Å². The van der Waals surface area contributed by atoms with Crippen LogP contribution in [0.5, 0.6) is 0 Å². The van der Waals surface area contributed by atoms with Gasteiger partial charge < -0.3 is 0 Å². The van der Waals surface area contributed by atoms with E-state index in [1.165, 1.54) is 0 Å². The first-order chi connectivity index (χ1) is 7.00. The Labute approximate surface area is 103 Å². The van der Waals surface area contributed by atoms with E-state index < -0.39 is 0 Å². The van der Waals surface area contributed by atoms with E-state index in [1.54, 1.807) is 0 Å². The number of hydrogen-bond donors (Lipinski definition) is 0. The standard InChI is InChI=1S/6C2H6.HPS/c7*1-2/h6*1-2H3;1H. The molecule has 0 aromatic heterocycles. The van der Waals surface area contributed by atoms with Gasteiger partial charge in [-0.2, -0.15) is 0 Å². The smallest absolute Gasteiger partial charge is 0.0437 e. The molecule has 2 heteroatoms. The fourth-order valence-electron chi connectivity index (χ4n) is 0. The average molecular weight is 244 g/mol. The van der Waals surface area contributed by atoms with Crippen LogP contribution in [0.4, 0.5) is 0 Å². The molecule has 0 amide bonds. The van der Waals surface area contributed by atoms with Crippen molar-refractivity contribution >= 4 is 19.8 Å². The van der Waals surface area contributed by atoms with Gasteiger partial charge in [-0.3, -0.25) is 0 Å². The Balaban J connectivity index is -0.00000000817. The van der Waals surface area contributed by atoms with Crippen molar-refractivity contribution in [2.75, 3.05) is 0 Å². The van der Waals surface area contributed by atoms with Gasteiger partial charge in [0, 0.05) is 0 Å². The maximum atomic E-state index is 3.89. The maximum absolute atomic E-state index is 3.89. The highest BCUT2D eigenvalue weighted by molar-refractivity contribution is 7.88. The summed E-state index contributed by atoms with van der Waals surface area (Å²) in [7, 11) is 2.56. The fourth-order valence-corrected chi connectivity index (χ4v) is 0. The van der Waals surface area contributed by atoms with Crippen molar-refractivity contribution in [3.63, 3.8) is 0 Å². The van der Waals surface area contributed by atoms with E-state index in [0.717, 1.165) is 0 Å². The number of rotatable bonds is 0. The van der Waals surface area contributed by atoms with E-state index in [0.29, 0.717) is 0 Å². The van der Waals surface area contributed by atoms with Gasteiger partial charge in [-0.05, 0) is 8.02 Å². The lowest BCUT2D eigenvalue weighted by atomic mass is 11.0. The Morgan fingerprint density at radius 1 is 0.357 bits per heavy atom. The third kappa shape index (κ3) is 6140. The van der Waals surface area contributed by atoms with E-state index in [1.807, 2.05) is 83.1 Å². The Morgan fingerprint density at radius 2 is 0.357 bits per heavy atom. The highest BCUT2D eigenvalue weighted by atomic mass is 32.4. The predicted octanol–water partition coefficient (Wildman–Crippen LogP) is 6.75. The van der Waals surface area contributed by atoms with Gasteiger partial charge in [-0.15, -0.1) is 0 Å². The first kappa shape index (κ1) is 46.9. The predicted molar refractivity (Wildman–Crippen MR) is 83.8 cm³/mol. The normalized spacial score (nSPS) is 2.86. The molecule has 0 radical (unpaired) electrons. The molecule has 0 aromatic rings. The minimum absolute atomic E-state index is 2.00. The summed E-state index contributed by atoms with van der Waals surface area (Å²) >= 11 is 3.89. The summed E-state index contributed by atoms with van der Waals surface area (Å²) in [5.74, 6) is 0. The molecule has 0 fully saturated rings. The molecule has 0 aliphatic carbocycles. The second-order valence-electron chi connectivity index (χ2n) is 0. The summed E-state index contributed by atoms with van der Waals surface area (Å²) in [5.41, 5.74) is 0. The van der Waals surface area contributed by atoms with E-state index in [4.69, 9.17) is 0 Å². The SMILES string of the molecule is CC.CC.CC.CC.CC.CC.P=S. The first-order valence-electron chi connectivity index (χ1n) is 6.20. The molecule has 0 rings (SSSR count). The van der Waals surface area contributed by atoms with Crippen LogP contribution in [-0.4, -0.2) is 0 Å². The summed E-state index contributed by atoms with van der Waals surface area (Å²) in [4.78, 5) is 0. The zero-order valence-corrected chi connectivity index (χ0v) is 14.7. The molecule has 0 aliphatic rings. The second kappa shape index (κ2) is 7840. The third-order valence-corrected chi connectivity index (χ3v) is 0. The third-order valence-electron chi connectivity index (χ3n) is 0. The van der Waals surface area contributed by atoms with Crippen molar-refractivity contribution < 1.29 is 0 Å². The van der Waals surface area contributed by atoms with E-state index in [-0.39, 0.29) is 0 Å². The molecule has 0 saturated heterocycles. The van der Waals surface area contributed by atoms with Crippen LogP contribution < -0.4 is 0 Å². The van der Waals surface area contributed by atoms with Crippen molar-refractivity contribution in [3.8, 4) is 0 Å². The summed E-state index contributed by atoms with van der Waals surface area (Å²) < 4.78 is 0. The Bertz CT molecular complexity index is 10.3. The molecular formula is C12H37PS. The average Bonchev–Trinajstić information content (AvgIpc) is 2.45. The van der Waals surface area contributed by atoms with Gasteiger partial charge in [0.2, 0.25) is 0 Å². The molecule has 0 heterocycles. The van der Waals surface area contributed by atoms with Crippen molar-refractivity contribution in [2.45, 2.75) is 83.1 Å². The van der Waals surface area contributed by atoms with Gasteiger partial charge in [0.15, 0.2) is 0 Å². The van der Waals surface area contributed by atoms with Gasteiger partial charge in [-0.25, -0.2) is 0 Å². The van der Waals surface area contributed by atoms with E-state index >= 15 is 0 Å². The van der Waals surface area contributed by atoms with Crippen molar-refractivity contribution in [1.82, 2.24) is 0 Å². The second-order valence-corrected chi connectivity index (χ2v) is 0. The topological polar surface area (TPSA) is 0 Å². The first-order valence-corrected chi connectivity index (χ1v) is 7.84. The minimum atomic E-state index is 2.00. The fraction of sp³-hybridized carbons (Fsp3) is 1.00. The van der Waals surface area contributed by atoms with Crippen LogP contribution in [0.15, 0.2) is 0 Å². The Morgan fingerprint density at radius 3 is 0.357 bits per heavy atom. The van der Waals surface area contributed by atoms with Gasteiger partial charge >= 0.3 is 0 Å². The number of hydrogen-bond acceptors (Lipinski definition) is 1.